The lowest BCUT2D eigenvalue weighted by Gasteiger charge is -2.34. The van der Waals surface area contributed by atoms with Gasteiger partial charge in [0.1, 0.15) is 6.61 Å². The molecular weight excluding hydrogens is 352 g/mol. The van der Waals surface area contributed by atoms with Crippen LogP contribution in [-0.4, -0.2) is 22.2 Å². The SMILES string of the molecule is CCC(CCN)(Nc1ncccn1)Oc1ccccc1OCc1ccccc1. The summed E-state index contributed by atoms with van der Waals surface area (Å²) in [7, 11) is 0. The summed E-state index contributed by atoms with van der Waals surface area (Å²) in [5.41, 5.74) is 6.24. The van der Waals surface area contributed by atoms with Gasteiger partial charge in [-0.2, -0.15) is 0 Å². The van der Waals surface area contributed by atoms with Gasteiger partial charge >= 0.3 is 0 Å². The van der Waals surface area contributed by atoms with Gasteiger partial charge in [-0.1, -0.05) is 49.4 Å². The average Bonchev–Trinajstić information content (AvgIpc) is 2.75. The van der Waals surface area contributed by atoms with Crippen molar-refractivity contribution >= 4 is 5.95 Å². The molecule has 1 heterocycles. The lowest BCUT2D eigenvalue weighted by Crippen LogP contribution is -2.46. The smallest absolute Gasteiger partial charge is 0.225 e. The van der Waals surface area contributed by atoms with Crippen LogP contribution >= 0.6 is 0 Å². The molecule has 0 fully saturated rings. The van der Waals surface area contributed by atoms with Crippen LogP contribution in [0, 0.1) is 0 Å². The Bertz CT molecular complexity index is 845. The summed E-state index contributed by atoms with van der Waals surface area (Å²) in [6.45, 7) is 2.96. The second-order valence-corrected chi connectivity index (χ2v) is 6.41. The lowest BCUT2D eigenvalue weighted by atomic mass is 10.1. The molecule has 0 amide bonds. The molecule has 0 radical (unpaired) electrons. The van der Waals surface area contributed by atoms with Gasteiger partial charge in [0, 0.05) is 25.2 Å². The van der Waals surface area contributed by atoms with Crippen LogP contribution in [0.3, 0.4) is 0 Å². The molecule has 28 heavy (non-hydrogen) atoms. The van der Waals surface area contributed by atoms with E-state index in [4.69, 9.17) is 15.2 Å². The van der Waals surface area contributed by atoms with E-state index in [1.807, 2.05) is 61.5 Å². The molecule has 0 spiro atoms. The van der Waals surface area contributed by atoms with Gasteiger partial charge in [-0.05, 0) is 30.3 Å². The van der Waals surface area contributed by atoms with Gasteiger partial charge < -0.3 is 20.5 Å². The Morgan fingerprint density at radius 2 is 1.61 bits per heavy atom. The predicted octanol–water partition coefficient (Wildman–Crippen LogP) is 4.00. The maximum atomic E-state index is 6.42. The van der Waals surface area contributed by atoms with Crippen molar-refractivity contribution in [1.29, 1.82) is 0 Å². The van der Waals surface area contributed by atoms with E-state index >= 15 is 0 Å². The quantitative estimate of drug-likeness (QED) is 0.519. The molecule has 1 atom stereocenters. The fourth-order valence-corrected chi connectivity index (χ4v) is 2.88. The summed E-state index contributed by atoms with van der Waals surface area (Å²) in [5.74, 6) is 1.83. The fourth-order valence-electron chi connectivity index (χ4n) is 2.88. The van der Waals surface area contributed by atoms with E-state index in [9.17, 15) is 0 Å². The first-order valence-corrected chi connectivity index (χ1v) is 9.45. The van der Waals surface area contributed by atoms with Crippen molar-refractivity contribution in [3.63, 3.8) is 0 Å². The van der Waals surface area contributed by atoms with Crippen LogP contribution in [0.5, 0.6) is 11.5 Å². The highest BCUT2D eigenvalue weighted by Crippen LogP contribution is 2.33. The minimum absolute atomic E-state index is 0.459. The molecule has 1 aromatic heterocycles. The number of benzene rings is 2. The number of rotatable bonds is 10. The molecule has 0 aliphatic carbocycles. The molecule has 6 nitrogen and oxygen atoms in total. The van der Waals surface area contributed by atoms with Crippen molar-refractivity contribution in [3.8, 4) is 11.5 Å². The van der Waals surface area contributed by atoms with Gasteiger partial charge in [0.2, 0.25) is 5.95 Å². The van der Waals surface area contributed by atoms with Crippen LogP contribution in [0.15, 0.2) is 73.1 Å². The Labute approximate surface area is 165 Å². The molecule has 3 N–H and O–H groups in total. The lowest BCUT2D eigenvalue weighted by molar-refractivity contribution is 0.0808. The minimum Gasteiger partial charge on any atom is -0.485 e. The Morgan fingerprint density at radius 3 is 2.29 bits per heavy atom. The van der Waals surface area contributed by atoms with Crippen LogP contribution < -0.4 is 20.5 Å². The van der Waals surface area contributed by atoms with E-state index in [2.05, 4.69) is 15.3 Å². The third-order valence-corrected chi connectivity index (χ3v) is 4.42. The zero-order valence-corrected chi connectivity index (χ0v) is 16.0. The number of nitrogens with two attached hydrogens (primary N) is 1. The van der Waals surface area contributed by atoms with E-state index in [-0.39, 0.29) is 0 Å². The van der Waals surface area contributed by atoms with E-state index in [1.165, 1.54) is 0 Å². The standard InChI is InChI=1S/C22H26N4O2/c1-2-22(13-14-23,26-21-24-15-8-16-25-21)28-20-12-7-6-11-19(20)27-17-18-9-4-3-5-10-18/h3-12,15-16H,2,13-14,17,23H2,1H3,(H,24,25,26). The molecule has 0 saturated carbocycles. The summed E-state index contributed by atoms with van der Waals surface area (Å²) >= 11 is 0. The molecule has 0 aliphatic heterocycles. The van der Waals surface area contributed by atoms with E-state index in [0.717, 1.165) is 5.56 Å². The predicted molar refractivity (Wildman–Crippen MR) is 110 cm³/mol. The van der Waals surface area contributed by atoms with Crippen molar-refractivity contribution in [2.75, 3.05) is 11.9 Å². The van der Waals surface area contributed by atoms with Gasteiger partial charge in [0.05, 0.1) is 0 Å². The molecular formula is C22H26N4O2. The van der Waals surface area contributed by atoms with E-state index in [1.54, 1.807) is 18.5 Å². The van der Waals surface area contributed by atoms with E-state index < -0.39 is 5.72 Å². The number of aromatic nitrogens is 2. The highest BCUT2D eigenvalue weighted by molar-refractivity contribution is 5.41. The molecule has 2 aromatic carbocycles. The molecule has 3 rings (SSSR count). The largest absolute Gasteiger partial charge is 0.485 e. The zero-order chi connectivity index (χ0) is 19.7. The number of ether oxygens (including phenoxy) is 2. The second kappa shape index (κ2) is 9.71. The van der Waals surface area contributed by atoms with Crippen molar-refractivity contribution in [2.45, 2.75) is 32.1 Å². The van der Waals surface area contributed by atoms with Crippen LogP contribution in [0.4, 0.5) is 5.95 Å². The van der Waals surface area contributed by atoms with Gasteiger partial charge in [0.15, 0.2) is 17.2 Å². The molecule has 6 heteroatoms. The van der Waals surface area contributed by atoms with Crippen molar-refractivity contribution in [2.24, 2.45) is 5.73 Å². The Balaban J connectivity index is 1.80. The number of para-hydroxylation sites is 2. The Hall–Kier alpha value is -3.12. The van der Waals surface area contributed by atoms with Crippen molar-refractivity contribution in [3.05, 3.63) is 78.6 Å². The number of anilines is 1. The maximum Gasteiger partial charge on any atom is 0.225 e. The van der Waals surface area contributed by atoms with Gasteiger partial charge in [-0.25, -0.2) is 9.97 Å². The highest BCUT2D eigenvalue weighted by Gasteiger charge is 2.31. The highest BCUT2D eigenvalue weighted by atomic mass is 16.5. The maximum absolute atomic E-state index is 6.42. The topological polar surface area (TPSA) is 82.3 Å². The Kier molecular flexibility index (Phi) is 6.81. The average molecular weight is 378 g/mol. The Morgan fingerprint density at radius 1 is 0.929 bits per heavy atom. The van der Waals surface area contributed by atoms with Crippen LogP contribution in [0.2, 0.25) is 0 Å². The second-order valence-electron chi connectivity index (χ2n) is 6.41. The molecule has 3 aromatic rings. The molecule has 0 bridgehead atoms. The number of hydrogen-bond donors (Lipinski definition) is 2. The third kappa shape index (κ3) is 5.20. The number of nitrogens with zero attached hydrogens (tertiary/aromatic N) is 2. The van der Waals surface area contributed by atoms with Crippen molar-refractivity contribution in [1.82, 2.24) is 9.97 Å². The molecule has 0 saturated heterocycles. The van der Waals surface area contributed by atoms with Crippen LogP contribution in [-0.2, 0) is 6.61 Å². The first-order chi connectivity index (χ1) is 13.7. The number of nitrogens with one attached hydrogen (secondary N) is 1. The van der Waals surface area contributed by atoms with Gasteiger partial charge in [0.25, 0.3) is 0 Å². The third-order valence-electron chi connectivity index (χ3n) is 4.42. The minimum atomic E-state index is -0.734. The summed E-state index contributed by atoms with van der Waals surface area (Å²) in [5, 5.41) is 3.31. The summed E-state index contributed by atoms with van der Waals surface area (Å²) in [4.78, 5) is 8.52. The van der Waals surface area contributed by atoms with E-state index in [0.29, 0.717) is 43.4 Å². The van der Waals surface area contributed by atoms with Gasteiger partial charge in [-0.3, -0.25) is 0 Å². The summed E-state index contributed by atoms with van der Waals surface area (Å²) in [6, 6.07) is 19.5. The molecule has 146 valence electrons. The van der Waals surface area contributed by atoms with Gasteiger partial charge in [-0.15, -0.1) is 0 Å². The summed E-state index contributed by atoms with van der Waals surface area (Å²) < 4.78 is 12.4. The monoisotopic (exact) mass is 378 g/mol. The number of hydrogen-bond acceptors (Lipinski definition) is 6. The van der Waals surface area contributed by atoms with Crippen LogP contribution in [0.25, 0.3) is 0 Å². The fraction of sp³-hybridized carbons (Fsp3) is 0.273. The van der Waals surface area contributed by atoms with Crippen molar-refractivity contribution < 1.29 is 9.47 Å². The first kappa shape index (κ1) is 19.6. The first-order valence-electron chi connectivity index (χ1n) is 9.45. The molecule has 1 unspecified atom stereocenters. The zero-order valence-electron chi connectivity index (χ0n) is 16.0. The van der Waals surface area contributed by atoms with Crippen LogP contribution in [0.1, 0.15) is 25.3 Å². The molecule has 0 aliphatic rings. The normalized spacial score (nSPS) is 12.8. The summed E-state index contributed by atoms with van der Waals surface area (Å²) in [6.07, 6.45) is 4.65.